The van der Waals surface area contributed by atoms with E-state index in [0.717, 1.165) is 25.9 Å². The molecule has 2 aromatic carbocycles. The van der Waals surface area contributed by atoms with Gasteiger partial charge in [0.05, 0.1) is 0 Å². The van der Waals surface area contributed by atoms with Gasteiger partial charge in [0.2, 0.25) is 0 Å². The predicted molar refractivity (Wildman–Crippen MR) is 77.9 cm³/mol. The Morgan fingerprint density at radius 2 is 1.45 bits per heavy atom. The second kappa shape index (κ2) is 5.37. The van der Waals surface area contributed by atoms with Crippen molar-refractivity contribution in [3.05, 3.63) is 65.2 Å². The van der Waals surface area contributed by atoms with E-state index in [0.29, 0.717) is 5.56 Å². The highest BCUT2D eigenvalue weighted by Gasteiger charge is 2.19. The lowest BCUT2D eigenvalue weighted by atomic mass is 10.0. The van der Waals surface area contributed by atoms with Gasteiger partial charge in [0.25, 0.3) is 5.91 Å². The van der Waals surface area contributed by atoms with Crippen LogP contribution in [-0.2, 0) is 12.8 Å². The molecule has 0 fully saturated rings. The van der Waals surface area contributed by atoms with Gasteiger partial charge < -0.3 is 10.0 Å². The standard InChI is InChI=1S/C17H17NO2/c19-16-7-5-15(6-8-16)17(20)18-11-9-13-3-1-2-4-14(13)10-12-18/h1-8,19H,9-12H2. The maximum absolute atomic E-state index is 12.5. The molecule has 1 aliphatic heterocycles. The highest BCUT2D eigenvalue weighted by molar-refractivity contribution is 5.94. The maximum atomic E-state index is 12.5. The summed E-state index contributed by atoms with van der Waals surface area (Å²) in [5, 5.41) is 9.29. The van der Waals surface area contributed by atoms with Crippen molar-refractivity contribution < 1.29 is 9.90 Å². The first kappa shape index (κ1) is 12.7. The Hall–Kier alpha value is -2.29. The molecule has 102 valence electrons. The Labute approximate surface area is 118 Å². The fourth-order valence-corrected chi connectivity index (χ4v) is 2.66. The van der Waals surface area contributed by atoms with Crippen LogP contribution in [0.3, 0.4) is 0 Å². The lowest BCUT2D eigenvalue weighted by Crippen LogP contribution is -2.33. The molecule has 0 saturated heterocycles. The van der Waals surface area contributed by atoms with Gasteiger partial charge in [0, 0.05) is 18.7 Å². The van der Waals surface area contributed by atoms with E-state index in [9.17, 15) is 9.90 Å². The fourth-order valence-electron chi connectivity index (χ4n) is 2.66. The molecule has 3 nitrogen and oxygen atoms in total. The molecule has 0 aromatic heterocycles. The number of phenolic OH excluding ortho intramolecular Hbond substituents is 1. The summed E-state index contributed by atoms with van der Waals surface area (Å²) < 4.78 is 0. The Morgan fingerprint density at radius 1 is 0.900 bits per heavy atom. The first-order valence-corrected chi connectivity index (χ1v) is 6.89. The Balaban J connectivity index is 1.76. The van der Waals surface area contributed by atoms with Gasteiger partial charge in [-0.2, -0.15) is 0 Å². The second-order valence-electron chi connectivity index (χ2n) is 5.11. The number of rotatable bonds is 1. The van der Waals surface area contributed by atoms with Gasteiger partial charge in [-0.25, -0.2) is 0 Å². The molecule has 20 heavy (non-hydrogen) atoms. The normalized spacial score (nSPS) is 14.5. The second-order valence-corrected chi connectivity index (χ2v) is 5.11. The monoisotopic (exact) mass is 267 g/mol. The Kier molecular flexibility index (Phi) is 3.42. The average molecular weight is 267 g/mol. The lowest BCUT2D eigenvalue weighted by molar-refractivity contribution is 0.0763. The molecular formula is C17H17NO2. The van der Waals surface area contributed by atoms with Gasteiger partial charge in [-0.1, -0.05) is 24.3 Å². The van der Waals surface area contributed by atoms with Gasteiger partial charge in [-0.3, -0.25) is 4.79 Å². The lowest BCUT2D eigenvalue weighted by Gasteiger charge is -2.20. The van der Waals surface area contributed by atoms with E-state index < -0.39 is 0 Å². The van der Waals surface area contributed by atoms with E-state index in [1.165, 1.54) is 11.1 Å². The summed E-state index contributed by atoms with van der Waals surface area (Å²) >= 11 is 0. The van der Waals surface area contributed by atoms with Crippen LogP contribution in [0.5, 0.6) is 5.75 Å². The predicted octanol–water partition coefficient (Wildman–Crippen LogP) is 2.63. The quantitative estimate of drug-likeness (QED) is 0.863. The minimum absolute atomic E-state index is 0.0396. The number of phenols is 1. The van der Waals surface area contributed by atoms with Crippen molar-refractivity contribution in [2.45, 2.75) is 12.8 Å². The van der Waals surface area contributed by atoms with E-state index in [-0.39, 0.29) is 11.7 Å². The number of hydrogen-bond acceptors (Lipinski definition) is 2. The summed E-state index contributed by atoms with van der Waals surface area (Å²) in [6, 6.07) is 14.9. The van der Waals surface area contributed by atoms with Gasteiger partial charge in [-0.15, -0.1) is 0 Å². The zero-order valence-electron chi connectivity index (χ0n) is 11.2. The minimum atomic E-state index is 0.0396. The smallest absolute Gasteiger partial charge is 0.253 e. The van der Waals surface area contributed by atoms with Crippen LogP contribution in [0.15, 0.2) is 48.5 Å². The van der Waals surface area contributed by atoms with Crippen LogP contribution in [0.25, 0.3) is 0 Å². The van der Waals surface area contributed by atoms with Crippen molar-refractivity contribution in [3.63, 3.8) is 0 Å². The number of amides is 1. The summed E-state index contributed by atoms with van der Waals surface area (Å²) in [5.74, 6) is 0.225. The minimum Gasteiger partial charge on any atom is -0.508 e. The Bertz CT molecular complexity index is 592. The molecule has 0 saturated carbocycles. The molecular weight excluding hydrogens is 250 g/mol. The van der Waals surface area contributed by atoms with Crippen LogP contribution in [0.2, 0.25) is 0 Å². The number of fused-ring (bicyclic) bond motifs is 1. The molecule has 0 unspecified atom stereocenters. The molecule has 0 radical (unpaired) electrons. The number of hydrogen-bond donors (Lipinski definition) is 1. The largest absolute Gasteiger partial charge is 0.508 e. The number of carbonyl (C=O) groups excluding carboxylic acids is 1. The SMILES string of the molecule is O=C(c1ccc(O)cc1)N1CCc2ccccc2CC1. The molecule has 1 amide bonds. The van der Waals surface area contributed by atoms with Gasteiger partial charge in [0.15, 0.2) is 0 Å². The first-order chi connectivity index (χ1) is 9.74. The summed E-state index contributed by atoms with van der Waals surface area (Å²) in [5.41, 5.74) is 3.32. The van der Waals surface area contributed by atoms with Crippen LogP contribution in [0, 0.1) is 0 Å². The maximum Gasteiger partial charge on any atom is 0.253 e. The van der Waals surface area contributed by atoms with Crippen LogP contribution in [0.1, 0.15) is 21.5 Å². The molecule has 0 spiro atoms. The number of nitrogens with zero attached hydrogens (tertiary/aromatic N) is 1. The summed E-state index contributed by atoms with van der Waals surface area (Å²) in [4.78, 5) is 14.4. The molecule has 0 aliphatic carbocycles. The first-order valence-electron chi connectivity index (χ1n) is 6.89. The van der Waals surface area contributed by atoms with Crippen LogP contribution < -0.4 is 0 Å². The highest BCUT2D eigenvalue weighted by atomic mass is 16.3. The number of carbonyl (C=O) groups is 1. The highest BCUT2D eigenvalue weighted by Crippen LogP contribution is 2.18. The van der Waals surface area contributed by atoms with Crippen molar-refractivity contribution >= 4 is 5.91 Å². The number of aromatic hydroxyl groups is 1. The molecule has 1 N–H and O–H groups in total. The molecule has 3 heteroatoms. The topological polar surface area (TPSA) is 40.5 Å². The van der Waals surface area contributed by atoms with Crippen molar-refractivity contribution in [1.29, 1.82) is 0 Å². The molecule has 1 aliphatic rings. The summed E-state index contributed by atoms with van der Waals surface area (Å²) in [6.45, 7) is 1.49. The Morgan fingerprint density at radius 3 is 2.00 bits per heavy atom. The summed E-state index contributed by atoms with van der Waals surface area (Å²) in [6.07, 6.45) is 1.81. The van der Waals surface area contributed by atoms with E-state index in [4.69, 9.17) is 0 Å². The van der Waals surface area contributed by atoms with Crippen LogP contribution in [-0.4, -0.2) is 29.0 Å². The van der Waals surface area contributed by atoms with Gasteiger partial charge in [0.1, 0.15) is 5.75 Å². The van der Waals surface area contributed by atoms with E-state index in [1.807, 2.05) is 4.90 Å². The third-order valence-electron chi connectivity index (χ3n) is 3.82. The van der Waals surface area contributed by atoms with Crippen molar-refractivity contribution in [2.24, 2.45) is 0 Å². The molecule has 2 aromatic rings. The average Bonchev–Trinajstić information content (AvgIpc) is 2.70. The van der Waals surface area contributed by atoms with Crippen molar-refractivity contribution in [1.82, 2.24) is 4.90 Å². The molecule has 0 bridgehead atoms. The van der Waals surface area contributed by atoms with Gasteiger partial charge in [-0.05, 0) is 48.2 Å². The third-order valence-corrected chi connectivity index (χ3v) is 3.82. The zero-order valence-corrected chi connectivity index (χ0v) is 11.2. The number of benzene rings is 2. The molecule has 1 heterocycles. The zero-order chi connectivity index (χ0) is 13.9. The van der Waals surface area contributed by atoms with E-state index >= 15 is 0 Å². The van der Waals surface area contributed by atoms with Crippen molar-refractivity contribution in [3.8, 4) is 5.75 Å². The van der Waals surface area contributed by atoms with Crippen LogP contribution in [0.4, 0.5) is 0 Å². The van der Waals surface area contributed by atoms with E-state index in [1.54, 1.807) is 24.3 Å². The molecule has 0 atom stereocenters. The van der Waals surface area contributed by atoms with Crippen LogP contribution >= 0.6 is 0 Å². The van der Waals surface area contributed by atoms with Crippen molar-refractivity contribution in [2.75, 3.05) is 13.1 Å². The van der Waals surface area contributed by atoms with Gasteiger partial charge >= 0.3 is 0 Å². The third kappa shape index (κ3) is 2.52. The fraction of sp³-hybridized carbons (Fsp3) is 0.235. The summed E-state index contributed by atoms with van der Waals surface area (Å²) in [7, 11) is 0. The van der Waals surface area contributed by atoms with E-state index in [2.05, 4.69) is 24.3 Å². The molecule has 3 rings (SSSR count).